The Morgan fingerprint density at radius 3 is 1.62 bits per heavy atom. The Labute approximate surface area is 273 Å². The summed E-state index contributed by atoms with van der Waals surface area (Å²) in [6.07, 6.45) is 3.67. The van der Waals surface area contributed by atoms with E-state index in [2.05, 4.69) is 73.4 Å². The third-order valence-electron chi connectivity index (χ3n) is 9.02. The van der Waals surface area contributed by atoms with Gasteiger partial charge in [-0.1, -0.05) is 98.8 Å². The first-order valence-electron chi connectivity index (χ1n) is 15.6. The van der Waals surface area contributed by atoms with Crippen molar-refractivity contribution in [3.05, 3.63) is 156 Å². The average Bonchev–Trinajstić information content (AvgIpc) is 3.37. The van der Waals surface area contributed by atoms with Crippen molar-refractivity contribution in [3.63, 3.8) is 0 Å². The highest BCUT2D eigenvalue weighted by molar-refractivity contribution is 5.86. The first-order chi connectivity index (χ1) is 23.0. The lowest BCUT2D eigenvalue weighted by Crippen LogP contribution is -2.15. The molecule has 0 radical (unpaired) electrons. The predicted molar refractivity (Wildman–Crippen MR) is 187 cm³/mol. The molecule has 0 spiro atoms. The maximum absolute atomic E-state index is 9.58. The smallest absolute Gasteiger partial charge is 0.164 e. The molecule has 222 valence electrons. The molecule has 2 aromatic heterocycles. The van der Waals surface area contributed by atoms with Gasteiger partial charge in [0.05, 0.1) is 11.6 Å². The van der Waals surface area contributed by atoms with Crippen LogP contribution in [0.1, 0.15) is 30.5 Å². The van der Waals surface area contributed by atoms with Crippen molar-refractivity contribution >= 4 is 0 Å². The molecular weight excluding hydrogens is 574 g/mol. The number of aromatic nitrogens is 4. The van der Waals surface area contributed by atoms with Gasteiger partial charge in [-0.2, -0.15) is 5.26 Å². The summed E-state index contributed by atoms with van der Waals surface area (Å²) in [5.74, 6) is 1.84. The van der Waals surface area contributed by atoms with Gasteiger partial charge in [-0.15, -0.1) is 0 Å². The molecule has 7 aromatic rings. The second kappa shape index (κ2) is 11.3. The van der Waals surface area contributed by atoms with Gasteiger partial charge in [0.2, 0.25) is 0 Å². The lowest BCUT2D eigenvalue weighted by Gasteiger charge is -2.22. The Morgan fingerprint density at radius 2 is 1.02 bits per heavy atom. The molecule has 0 bridgehead atoms. The van der Waals surface area contributed by atoms with Crippen LogP contribution in [0.2, 0.25) is 0 Å². The van der Waals surface area contributed by atoms with E-state index in [1.807, 2.05) is 85.1 Å². The van der Waals surface area contributed by atoms with Crippen LogP contribution in [0.3, 0.4) is 0 Å². The first-order valence-corrected chi connectivity index (χ1v) is 15.6. The van der Waals surface area contributed by atoms with E-state index in [-0.39, 0.29) is 5.41 Å². The zero-order valence-electron chi connectivity index (χ0n) is 26.0. The molecule has 1 aliphatic carbocycles. The van der Waals surface area contributed by atoms with E-state index in [0.717, 1.165) is 38.9 Å². The molecule has 2 heterocycles. The lowest BCUT2D eigenvalue weighted by molar-refractivity contribution is 0.660. The minimum atomic E-state index is -0.249. The predicted octanol–water partition coefficient (Wildman–Crippen LogP) is 9.78. The van der Waals surface area contributed by atoms with Crippen LogP contribution >= 0.6 is 0 Å². The molecule has 5 aromatic carbocycles. The Balaban J connectivity index is 1.32. The van der Waals surface area contributed by atoms with Crippen molar-refractivity contribution in [3.8, 4) is 73.6 Å². The number of pyridine rings is 1. The summed E-state index contributed by atoms with van der Waals surface area (Å²) in [7, 11) is 0. The van der Waals surface area contributed by atoms with E-state index in [1.165, 1.54) is 22.3 Å². The first kappa shape index (κ1) is 28.2. The van der Waals surface area contributed by atoms with Gasteiger partial charge in [0.25, 0.3) is 0 Å². The van der Waals surface area contributed by atoms with E-state index in [1.54, 1.807) is 6.20 Å². The fourth-order valence-electron chi connectivity index (χ4n) is 6.55. The molecule has 5 nitrogen and oxygen atoms in total. The zero-order chi connectivity index (χ0) is 32.0. The fraction of sp³-hybridized carbons (Fsp3) is 0.0714. The largest absolute Gasteiger partial charge is 0.264 e. The van der Waals surface area contributed by atoms with Crippen LogP contribution in [0.15, 0.2) is 140 Å². The van der Waals surface area contributed by atoms with Gasteiger partial charge in [0.1, 0.15) is 0 Å². The number of rotatable bonds is 5. The second-order valence-electron chi connectivity index (χ2n) is 12.3. The molecule has 0 amide bonds. The van der Waals surface area contributed by atoms with Gasteiger partial charge < -0.3 is 0 Å². The molecule has 0 atom stereocenters. The second-order valence-corrected chi connectivity index (χ2v) is 12.3. The van der Waals surface area contributed by atoms with Crippen LogP contribution in [-0.2, 0) is 5.41 Å². The van der Waals surface area contributed by atoms with Crippen LogP contribution in [0.4, 0.5) is 0 Å². The number of benzene rings is 5. The van der Waals surface area contributed by atoms with Gasteiger partial charge in [0.15, 0.2) is 17.5 Å². The van der Waals surface area contributed by atoms with Gasteiger partial charge in [-0.25, -0.2) is 15.0 Å². The van der Waals surface area contributed by atoms with Crippen LogP contribution in [0, 0.1) is 11.3 Å². The van der Waals surface area contributed by atoms with Crippen molar-refractivity contribution in [1.82, 2.24) is 19.9 Å². The van der Waals surface area contributed by atoms with Gasteiger partial charge in [-0.05, 0) is 81.4 Å². The molecule has 0 saturated heterocycles. The Hall–Kier alpha value is -6.25. The summed E-state index contributed by atoms with van der Waals surface area (Å²) in [5.41, 5.74) is 12.2. The molecule has 0 unspecified atom stereocenters. The van der Waals surface area contributed by atoms with Crippen LogP contribution in [0.25, 0.3) is 67.5 Å². The summed E-state index contributed by atoms with van der Waals surface area (Å²) >= 11 is 0. The molecular formula is C42H29N5. The Morgan fingerprint density at radius 1 is 0.489 bits per heavy atom. The topological polar surface area (TPSA) is 75.3 Å². The van der Waals surface area contributed by atoms with Crippen LogP contribution in [0.5, 0.6) is 0 Å². The molecule has 0 aliphatic heterocycles. The highest BCUT2D eigenvalue weighted by atomic mass is 15.0. The Kier molecular flexibility index (Phi) is 6.78. The quantitative estimate of drug-likeness (QED) is 0.196. The maximum Gasteiger partial charge on any atom is 0.164 e. The summed E-state index contributed by atoms with van der Waals surface area (Å²) in [6.45, 7) is 4.47. The monoisotopic (exact) mass is 603 g/mol. The van der Waals surface area contributed by atoms with E-state index in [9.17, 15) is 5.26 Å². The van der Waals surface area contributed by atoms with Crippen LogP contribution < -0.4 is 0 Å². The summed E-state index contributed by atoms with van der Waals surface area (Å²) < 4.78 is 0. The highest BCUT2D eigenvalue weighted by Gasteiger charge is 2.35. The summed E-state index contributed by atoms with van der Waals surface area (Å²) in [4.78, 5) is 19.4. The molecule has 0 N–H and O–H groups in total. The minimum Gasteiger partial charge on any atom is -0.264 e. The van der Waals surface area contributed by atoms with Crippen molar-refractivity contribution < 1.29 is 0 Å². The normalized spacial score (nSPS) is 12.6. The van der Waals surface area contributed by atoms with Gasteiger partial charge in [0, 0.05) is 40.1 Å². The third kappa shape index (κ3) is 5.07. The van der Waals surface area contributed by atoms with E-state index < -0.39 is 0 Å². The molecule has 0 fully saturated rings. The third-order valence-corrected chi connectivity index (χ3v) is 9.02. The molecule has 8 rings (SSSR count). The average molecular weight is 604 g/mol. The number of nitriles is 1. The molecule has 0 saturated carbocycles. The Bertz CT molecular complexity index is 2260. The summed E-state index contributed by atoms with van der Waals surface area (Å²) in [5, 5.41) is 9.58. The number of fused-ring (bicyclic) bond motifs is 3. The highest BCUT2D eigenvalue weighted by Crippen LogP contribution is 2.50. The van der Waals surface area contributed by atoms with Crippen molar-refractivity contribution in [1.29, 1.82) is 5.26 Å². The van der Waals surface area contributed by atoms with Crippen LogP contribution in [-0.4, -0.2) is 19.9 Å². The number of hydrogen-bond acceptors (Lipinski definition) is 5. The van der Waals surface area contributed by atoms with E-state index in [4.69, 9.17) is 15.0 Å². The molecule has 1 aliphatic rings. The van der Waals surface area contributed by atoms with Crippen molar-refractivity contribution in [2.24, 2.45) is 0 Å². The maximum atomic E-state index is 9.58. The van der Waals surface area contributed by atoms with Gasteiger partial charge >= 0.3 is 0 Å². The molecule has 5 heteroatoms. The minimum absolute atomic E-state index is 0.249. The van der Waals surface area contributed by atoms with Gasteiger partial charge in [-0.3, -0.25) is 4.98 Å². The van der Waals surface area contributed by atoms with E-state index >= 15 is 0 Å². The SMILES string of the molecule is CC1(C)c2cc(C#N)ccc2-c2ccc(-c3cc(-c4cccnc4)cc(-c4nc(-c5ccccc5)nc(-c5ccccc5)n4)c3)cc21. The standard InChI is InChI=1S/C42H29N5/c1-42(2)37-20-27(25-43)15-17-35(37)36-18-16-30(24-38(36)42)32-21-33(31-14-9-19-44-26-31)23-34(22-32)41-46-39(28-10-5-3-6-11-28)45-40(47-41)29-12-7-4-8-13-29/h3-24,26H,1-2H3. The lowest BCUT2D eigenvalue weighted by atomic mass is 9.81. The number of hydrogen-bond donors (Lipinski definition) is 0. The zero-order valence-corrected chi connectivity index (χ0v) is 26.0. The fourth-order valence-corrected chi connectivity index (χ4v) is 6.55. The van der Waals surface area contributed by atoms with Crippen molar-refractivity contribution in [2.75, 3.05) is 0 Å². The molecule has 47 heavy (non-hydrogen) atoms. The van der Waals surface area contributed by atoms with E-state index in [0.29, 0.717) is 23.0 Å². The number of nitrogens with zero attached hydrogens (tertiary/aromatic N) is 5. The van der Waals surface area contributed by atoms with Crippen molar-refractivity contribution in [2.45, 2.75) is 19.3 Å². The summed E-state index contributed by atoms with van der Waals surface area (Å²) in [6, 6.07) is 45.6.